The zero-order chi connectivity index (χ0) is 17.9. The summed E-state index contributed by atoms with van der Waals surface area (Å²) in [5, 5.41) is 15.2. The molecule has 26 heavy (non-hydrogen) atoms. The quantitative estimate of drug-likeness (QED) is 0.643. The fourth-order valence-electron chi connectivity index (χ4n) is 3.10. The molecule has 1 aliphatic rings. The van der Waals surface area contributed by atoms with Gasteiger partial charge in [0.2, 0.25) is 5.91 Å². The van der Waals surface area contributed by atoms with Crippen molar-refractivity contribution < 1.29 is 4.79 Å². The summed E-state index contributed by atoms with van der Waals surface area (Å²) >= 11 is 7.76. The summed E-state index contributed by atoms with van der Waals surface area (Å²) in [5.74, 6) is 1.75. The van der Waals surface area contributed by atoms with Gasteiger partial charge in [-0.25, -0.2) is 0 Å². The molecule has 2 atom stereocenters. The van der Waals surface area contributed by atoms with Crippen LogP contribution in [0.5, 0.6) is 0 Å². The molecule has 1 aromatic heterocycles. The Bertz CT molecular complexity index is 911. The highest BCUT2D eigenvalue weighted by atomic mass is 35.5. The number of nitrogens with zero attached hydrogens (tertiary/aromatic N) is 1. The van der Waals surface area contributed by atoms with Crippen LogP contribution >= 0.6 is 23.4 Å². The second kappa shape index (κ2) is 7.70. The van der Waals surface area contributed by atoms with Crippen LogP contribution in [-0.2, 0) is 11.3 Å². The number of rotatable bonds is 4. The van der Waals surface area contributed by atoms with E-state index in [9.17, 15) is 4.79 Å². The highest BCUT2D eigenvalue weighted by Gasteiger charge is 2.27. The van der Waals surface area contributed by atoms with E-state index in [1.165, 1.54) is 0 Å². The van der Waals surface area contributed by atoms with Crippen LogP contribution in [0, 0.1) is 0 Å². The Morgan fingerprint density at radius 2 is 2.08 bits per heavy atom. The van der Waals surface area contributed by atoms with Crippen molar-refractivity contribution in [1.29, 1.82) is 0 Å². The predicted molar refractivity (Wildman–Crippen MR) is 106 cm³/mol. The molecule has 0 radical (unpaired) electrons. The standard InChI is InChI=1S/C19H19ClN4OS/c20-15-4-2-13(3-5-15)17-10-26-11-18(23-17)19(25)21-8-12-1-6-16-14(7-12)9-22-24-16/h1-7,9,17-18,23H,8,10-11H2,(H,21,25)(H,22,24)/t17?,18-/m0/s1. The molecule has 3 aromatic rings. The molecule has 5 nitrogen and oxygen atoms in total. The number of fused-ring (bicyclic) bond motifs is 1. The van der Waals surface area contributed by atoms with Gasteiger partial charge >= 0.3 is 0 Å². The van der Waals surface area contributed by atoms with Crippen molar-refractivity contribution in [1.82, 2.24) is 20.8 Å². The topological polar surface area (TPSA) is 69.8 Å². The van der Waals surface area contributed by atoms with Gasteiger partial charge in [-0.1, -0.05) is 29.8 Å². The number of carbonyl (C=O) groups is 1. The number of benzene rings is 2. The van der Waals surface area contributed by atoms with Gasteiger partial charge < -0.3 is 5.32 Å². The number of amides is 1. The van der Waals surface area contributed by atoms with E-state index in [2.05, 4.69) is 20.8 Å². The second-order valence-electron chi connectivity index (χ2n) is 6.37. The number of hydrogen-bond acceptors (Lipinski definition) is 4. The number of H-pyrrole nitrogens is 1. The Morgan fingerprint density at radius 3 is 2.92 bits per heavy atom. The molecule has 0 aliphatic carbocycles. The van der Waals surface area contributed by atoms with Crippen LogP contribution < -0.4 is 10.6 Å². The smallest absolute Gasteiger partial charge is 0.238 e. The largest absolute Gasteiger partial charge is 0.351 e. The lowest BCUT2D eigenvalue weighted by Crippen LogP contribution is -2.50. The van der Waals surface area contributed by atoms with Crippen LogP contribution in [0.1, 0.15) is 17.2 Å². The van der Waals surface area contributed by atoms with Crippen molar-refractivity contribution in [2.45, 2.75) is 18.6 Å². The van der Waals surface area contributed by atoms with E-state index >= 15 is 0 Å². The molecule has 0 bridgehead atoms. The lowest BCUT2D eigenvalue weighted by molar-refractivity contribution is -0.123. The van der Waals surface area contributed by atoms with Crippen LogP contribution in [0.3, 0.4) is 0 Å². The van der Waals surface area contributed by atoms with Crippen molar-refractivity contribution in [3.63, 3.8) is 0 Å². The van der Waals surface area contributed by atoms with Crippen LogP contribution in [0.2, 0.25) is 5.02 Å². The van der Waals surface area contributed by atoms with Gasteiger partial charge in [0.25, 0.3) is 0 Å². The zero-order valence-electron chi connectivity index (χ0n) is 14.0. The normalized spacial score (nSPS) is 20.2. The molecular weight excluding hydrogens is 368 g/mol. The van der Waals surface area contributed by atoms with Gasteiger partial charge in [0.05, 0.1) is 17.8 Å². The molecule has 1 amide bonds. The summed E-state index contributed by atoms with van der Waals surface area (Å²) in [5.41, 5.74) is 3.21. The maximum Gasteiger partial charge on any atom is 0.238 e. The molecule has 0 saturated carbocycles. The number of thioether (sulfide) groups is 1. The SMILES string of the molecule is O=C(NCc1ccc2[nH]ncc2c1)[C@@H]1CSCC(c2ccc(Cl)cc2)N1. The molecule has 134 valence electrons. The van der Waals surface area contributed by atoms with E-state index in [4.69, 9.17) is 11.6 Å². The van der Waals surface area contributed by atoms with Crippen molar-refractivity contribution in [2.75, 3.05) is 11.5 Å². The van der Waals surface area contributed by atoms with Crippen LogP contribution in [0.15, 0.2) is 48.7 Å². The van der Waals surface area contributed by atoms with E-state index < -0.39 is 0 Å². The van der Waals surface area contributed by atoms with Gasteiger partial charge in [-0.2, -0.15) is 16.9 Å². The third kappa shape index (κ3) is 3.87. The lowest BCUT2D eigenvalue weighted by atomic mass is 10.1. The predicted octanol–water partition coefficient (Wildman–Crippen LogP) is 3.28. The fourth-order valence-corrected chi connectivity index (χ4v) is 4.37. The average Bonchev–Trinajstić information content (AvgIpc) is 3.14. The number of carbonyl (C=O) groups excluding carboxylic acids is 1. The summed E-state index contributed by atoms with van der Waals surface area (Å²) in [7, 11) is 0. The monoisotopic (exact) mass is 386 g/mol. The Labute approximate surface area is 160 Å². The first-order chi connectivity index (χ1) is 12.7. The van der Waals surface area contributed by atoms with Gasteiger partial charge in [0, 0.05) is 34.5 Å². The molecule has 0 spiro atoms. The third-order valence-electron chi connectivity index (χ3n) is 4.53. The Balaban J connectivity index is 1.37. The van der Waals surface area contributed by atoms with Crippen molar-refractivity contribution in [3.8, 4) is 0 Å². The third-order valence-corrected chi connectivity index (χ3v) is 5.92. The van der Waals surface area contributed by atoms with Gasteiger partial charge in [-0.3, -0.25) is 15.2 Å². The minimum atomic E-state index is -0.202. The molecule has 1 fully saturated rings. The van der Waals surface area contributed by atoms with Crippen molar-refractivity contribution in [3.05, 3.63) is 64.8 Å². The molecule has 1 unspecified atom stereocenters. The first-order valence-electron chi connectivity index (χ1n) is 8.48. The number of halogens is 1. The first-order valence-corrected chi connectivity index (χ1v) is 10.0. The van der Waals surface area contributed by atoms with E-state index in [1.54, 1.807) is 18.0 Å². The zero-order valence-corrected chi connectivity index (χ0v) is 15.6. The molecule has 3 N–H and O–H groups in total. The van der Waals surface area contributed by atoms with E-state index in [1.807, 2.05) is 42.5 Å². The van der Waals surface area contributed by atoms with Crippen LogP contribution in [0.4, 0.5) is 0 Å². The minimum absolute atomic E-state index is 0.0310. The van der Waals surface area contributed by atoms with E-state index in [0.717, 1.165) is 38.6 Å². The summed E-state index contributed by atoms with van der Waals surface area (Å²) in [6, 6.07) is 13.8. The van der Waals surface area contributed by atoms with Gasteiger partial charge in [0.1, 0.15) is 0 Å². The summed E-state index contributed by atoms with van der Waals surface area (Å²) in [6.45, 7) is 0.508. The van der Waals surface area contributed by atoms with Crippen molar-refractivity contribution in [2.24, 2.45) is 0 Å². The highest BCUT2D eigenvalue weighted by molar-refractivity contribution is 7.99. The van der Waals surface area contributed by atoms with E-state index in [0.29, 0.717) is 6.54 Å². The number of aromatic nitrogens is 2. The summed E-state index contributed by atoms with van der Waals surface area (Å²) in [6.07, 6.45) is 1.79. The average molecular weight is 387 g/mol. The molecule has 2 heterocycles. The second-order valence-corrected chi connectivity index (χ2v) is 7.88. The maximum absolute atomic E-state index is 12.6. The lowest BCUT2D eigenvalue weighted by Gasteiger charge is -2.30. The van der Waals surface area contributed by atoms with Gasteiger partial charge in [0.15, 0.2) is 0 Å². The van der Waals surface area contributed by atoms with Gasteiger partial charge in [-0.15, -0.1) is 0 Å². The number of hydrogen-bond donors (Lipinski definition) is 3. The minimum Gasteiger partial charge on any atom is -0.351 e. The molecule has 1 aliphatic heterocycles. The fraction of sp³-hybridized carbons (Fsp3) is 0.263. The number of aromatic amines is 1. The molecule has 7 heteroatoms. The Hall–Kier alpha value is -2.02. The van der Waals surface area contributed by atoms with Crippen LogP contribution in [-0.4, -0.2) is 33.7 Å². The molecule has 1 saturated heterocycles. The summed E-state index contributed by atoms with van der Waals surface area (Å²) in [4.78, 5) is 12.6. The molecule has 2 aromatic carbocycles. The van der Waals surface area contributed by atoms with Crippen molar-refractivity contribution >= 4 is 40.2 Å². The first kappa shape index (κ1) is 17.4. The Kier molecular flexibility index (Phi) is 5.15. The van der Waals surface area contributed by atoms with Crippen LogP contribution in [0.25, 0.3) is 10.9 Å². The summed E-state index contributed by atoms with van der Waals surface area (Å²) < 4.78 is 0. The number of nitrogens with one attached hydrogen (secondary N) is 3. The molecule has 4 rings (SSSR count). The maximum atomic E-state index is 12.6. The Morgan fingerprint density at radius 1 is 1.23 bits per heavy atom. The molecular formula is C19H19ClN4OS. The van der Waals surface area contributed by atoms with Gasteiger partial charge in [-0.05, 0) is 35.4 Å². The van der Waals surface area contributed by atoms with E-state index in [-0.39, 0.29) is 18.0 Å². The highest BCUT2D eigenvalue weighted by Crippen LogP contribution is 2.25.